The molecule has 106 valence electrons. The first-order valence-corrected chi connectivity index (χ1v) is 7.27. The highest BCUT2D eigenvalue weighted by atomic mass is 16.5. The van der Waals surface area contributed by atoms with Crippen molar-refractivity contribution in [2.75, 3.05) is 13.2 Å². The molecule has 0 aromatic heterocycles. The van der Waals surface area contributed by atoms with Crippen LogP contribution in [0.2, 0.25) is 0 Å². The number of hydrogen-bond donors (Lipinski definition) is 1. The van der Waals surface area contributed by atoms with Gasteiger partial charge in [-0.05, 0) is 37.6 Å². The quantitative estimate of drug-likeness (QED) is 0.816. The fraction of sp³-hybridized carbons (Fsp3) is 0.333. The summed E-state index contributed by atoms with van der Waals surface area (Å²) in [5, 5.41) is 3.56. The van der Waals surface area contributed by atoms with E-state index in [0.29, 0.717) is 6.61 Å². The molecular weight excluding hydrogens is 246 g/mol. The second-order valence-corrected chi connectivity index (χ2v) is 5.04. The van der Waals surface area contributed by atoms with Gasteiger partial charge < -0.3 is 10.1 Å². The summed E-state index contributed by atoms with van der Waals surface area (Å²) < 4.78 is 5.90. The maximum Gasteiger partial charge on any atom is 0.119 e. The minimum absolute atomic E-state index is 0.232. The van der Waals surface area contributed by atoms with Crippen molar-refractivity contribution in [1.29, 1.82) is 0 Å². The maximum atomic E-state index is 5.90. The van der Waals surface area contributed by atoms with Crippen molar-refractivity contribution in [2.45, 2.75) is 26.3 Å². The Kier molecular flexibility index (Phi) is 5.63. The molecule has 1 unspecified atom stereocenters. The highest BCUT2D eigenvalue weighted by Crippen LogP contribution is 2.17. The zero-order chi connectivity index (χ0) is 14.2. The van der Waals surface area contributed by atoms with E-state index in [0.717, 1.165) is 18.7 Å². The Labute approximate surface area is 121 Å². The SMILES string of the molecule is CCCNC(COc1ccccc1)c1cccc(C)c1. The van der Waals surface area contributed by atoms with E-state index in [2.05, 4.69) is 43.4 Å². The van der Waals surface area contributed by atoms with E-state index in [4.69, 9.17) is 4.74 Å². The molecule has 20 heavy (non-hydrogen) atoms. The summed E-state index contributed by atoms with van der Waals surface area (Å²) in [6, 6.07) is 18.8. The van der Waals surface area contributed by atoms with E-state index in [-0.39, 0.29) is 6.04 Å². The van der Waals surface area contributed by atoms with Gasteiger partial charge in [0.1, 0.15) is 12.4 Å². The van der Waals surface area contributed by atoms with E-state index in [1.54, 1.807) is 0 Å². The number of aryl methyl sites for hydroxylation is 1. The lowest BCUT2D eigenvalue weighted by atomic mass is 10.0. The molecule has 1 atom stereocenters. The molecule has 0 amide bonds. The average molecular weight is 269 g/mol. The summed E-state index contributed by atoms with van der Waals surface area (Å²) in [5.41, 5.74) is 2.57. The Bertz CT molecular complexity index is 510. The Hall–Kier alpha value is -1.80. The minimum Gasteiger partial charge on any atom is -0.492 e. The van der Waals surface area contributed by atoms with Gasteiger partial charge in [-0.1, -0.05) is 55.0 Å². The van der Waals surface area contributed by atoms with Crippen LogP contribution in [0.3, 0.4) is 0 Å². The zero-order valence-electron chi connectivity index (χ0n) is 12.3. The van der Waals surface area contributed by atoms with Crippen LogP contribution >= 0.6 is 0 Å². The third kappa shape index (κ3) is 4.39. The maximum absolute atomic E-state index is 5.90. The number of benzene rings is 2. The third-order valence-corrected chi connectivity index (χ3v) is 3.25. The van der Waals surface area contributed by atoms with Crippen LogP contribution in [0.5, 0.6) is 5.75 Å². The van der Waals surface area contributed by atoms with Crippen LogP contribution in [-0.4, -0.2) is 13.2 Å². The van der Waals surface area contributed by atoms with E-state index in [9.17, 15) is 0 Å². The normalized spacial score (nSPS) is 12.1. The summed E-state index contributed by atoms with van der Waals surface area (Å²) >= 11 is 0. The Morgan fingerprint density at radius 1 is 1.05 bits per heavy atom. The average Bonchev–Trinajstić information content (AvgIpc) is 2.48. The van der Waals surface area contributed by atoms with Gasteiger partial charge in [0.25, 0.3) is 0 Å². The molecule has 1 N–H and O–H groups in total. The fourth-order valence-corrected chi connectivity index (χ4v) is 2.17. The number of nitrogens with one attached hydrogen (secondary N) is 1. The second-order valence-electron chi connectivity index (χ2n) is 5.04. The van der Waals surface area contributed by atoms with Crippen LogP contribution in [0.1, 0.15) is 30.5 Å². The summed E-state index contributed by atoms with van der Waals surface area (Å²) in [4.78, 5) is 0. The molecule has 2 aromatic rings. The van der Waals surface area contributed by atoms with Crippen LogP contribution in [-0.2, 0) is 0 Å². The largest absolute Gasteiger partial charge is 0.492 e. The van der Waals surface area contributed by atoms with Gasteiger partial charge in [0.15, 0.2) is 0 Å². The smallest absolute Gasteiger partial charge is 0.119 e. The van der Waals surface area contributed by atoms with Crippen LogP contribution in [0, 0.1) is 6.92 Å². The van der Waals surface area contributed by atoms with Gasteiger partial charge in [0.05, 0.1) is 6.04 Å². The second kappa shape index (κ2) is 7.71. The molecular formula is C18H23NO. The van der Waals surface area contributed by atoms with Crippen LogP contribution in [0.4, 0.5) is 0 Å². The monoisotopic (exact) mass is 269 g/mol. The van der Waals surface area contributed by atoms with Crippen LogP contribution < -0.4 is 10.1 Å². The molecule has 0 aliphatic heterocycles. The molecule has 2 heteroatoms. The summed E-state index contributed by atoms with van der Waals surface area (Å²) in [6.07, 6.45) is 1.12. The van der Waals surface area contributed by atoms with Crippen molar-refractivity contribution in [3.63, 3.8) is 0 Å². The van der Waals surface area contributed by atoms with Crippen molar-refractivity contribution in [1.82, 2.24) is 5.32 Å². The third-order valence-electron chi connectivity index (χ3n) is 3.25. The number of ether oxygens (including phenoxy) is 1. The highest BCUT2D eigenvalue weighted by Gasteiger charge is 2.11. The molecule has 0 fully saturated rings. The van der Waals surface area contributed by atoms with Crippen molar-refractivity contribution < 1.29 is 4.74 Å². The molecule has 0 spiro atoms. The molecule has 2 aromatic carbocycles. The van der Waals surface area contributed by atoms with Gasteiger partial charge >= 0.3 is 0 Å². The molecule has 0 aliphatic rings. The molecule has 2 rings (SSSR count). The van der Waals surface area contributed by atoms with Gasteiger partial charge in [-0.3, -0.25) is 0 Å². The standard InChI is InChI=1S/C18H23NO/c1-3-12-19-18(16-9-7-8-15(2)13-16)14-20-17-10-5-4-6-11-17/h4-11,13,18-19H,3,12,14H2,1-2H3. The van der Waals surface area contributed by atoms with E-state index < -0.39 is 0 Å². The first-order valence-electron chi connectivity index (χ1n) is 7.27. The van der Waals surface area contributed by atoms with Gasteiger partial charge in [0.2, 0.25) is 0 Å². The van der Waals surface area contributed by atoms with Gasteiger partial charge in [-0.2, -0.15) is 0 Å². The van der Waals surface area contributed by atoms with Crippen LogP contribution in [0.15, 0.2) is 54.6 Å². The van der Waals surface area contributed by atoms with Gasteiger partial charge in [-0.25, -0.2) is 0 Å². The lowest BCUT2D eigenvalue weighted by molar-refractivity contribution is 0.266. The predicted octanol–water partition coefficient (Wildman–Crippen LogP) is 4.11. The first kappa shape index (κ1) is 14.6. The summed E-state index contributed by atoms with van der Waals surface area (Å²) in [7, 11) is 0. The molecule has 2 nitrogen and oxygen atoms in total. The topological polar surface area (TPSA) is 21.3 Å². The van der Waals surface area contributed by atoms with Crippen molar-refractivity contribution in [3.8, 4) is 5.75 Å². The van der Waals surface area contributed by atoms with E-state index >= 15 is 0 Å². The number of para-hydroxylation sites is 1. The van der Waals surface area contributed by atoms with Gasteiger partial charge in [0, 0.05) is 0 Å². The Morgan fingerprint density at radius 2 is 1.85 bits per heavy atom. The molecule has 0 bridgehead atoms. The number of hydrogen-bond acceptors (Lipinski definition) is 2. The fourth-order valence-electron chi connectivity index (χ4n) is 2.17. The molecule has 0 heterocycles. The van der Waals surface area contributed by atoms with E-state index in [1.165, 1.54) is 11.1 Å². The molecule has 0 saturated carbocycles. The lowest BCUT2D eigenvalue weighted by Gasteiger charge is -2.20. The Morgan fingerprint density at radius 3 is 2.55 bits per heavy atom. The highest BCUT2D eigenvalue weighted by molar-refractivity contribution is 5.26. The Balaban J connectivity index is 2.03. The minimum atomic E-state index is 0.232. The van der Waals surface area contributed by atoms with Crippen molar-refractivity contribution in [2.24, 2.45) is 0 Å². The van der Waals surface area contributed by atoms with E-state index in [1.807, 2.05) is 30.3 Å². The summed E-state index contributed by atoms with van der Waals surface area (Å²) in [5.74, 6) is 0.920. The predicted molar refractivity (Wildman–Crippen MR) is 84.2 cm³/mol. The lowest BCUT2D eigenvalue weighted by Crippen LogP contribution is -2.27. The first-order chi connectivity index (χ1) is 9.79. The molecule has 0 aliphatic carbocycles. The van der Waals surface area contributed by atoms with Crippen LogP contribution in [0.25, 0.3) is 0 Å². The molecule has 0 radical (unpaired) electrons. The number of rotatable bonds is 7. The van der Waals surface area contributed by atoms with Crippen molar-refractivity contribution in [3.05, 3.63) is 65.7 Å². The zero-order valence-corrected chi connectivity index (χ0v) is 12.3. The van der Waals surface area contributed by atoms with Gasteiger partial charge in [-0.15, -0.1) is 0 Å². The summed E-state index contributed by atoms with van der Waals surface area (Å²) in [6.45, 7) is 5.95. The van der Waals surface area contributed by atoms with Crippen molar-refractivity contribution >= 4 is 0 Å². The molecule has 0 saturated heterocycles.